The van der Waals surface area contributed by atoms with E-state index in [0.717, 1.165) is 5.56 Å². The molecule has 9 heteroatoms. The summed E-state index contributed by atoms with van der Waals surface area (Å²) in [6.07, 6.45) is -3.53. The second-order valence-electron chi connectivity index (χ2n) is 4.98. The van der Waals surface area contributed by atoms with E-state index in [1.165, 1.54) is 0 Å². The first-order valence-electron chi connectivity index (χ1n) is 6.46. The molecule has 0 heterocycles. The van der Waals surface area contributed by atoms with Gasteiger partial charge in [-0.2, -0.15) is 21.6 Å². The first-order valence-corrected chi connectivity index (χ1v) is 7.87. The second-order valence-corrected chi connectivity index (χ2v) is 6.54. The average molecular weight is 342 g/mol. The minimum Gasteiger partial charge on any atom is -0.376 e. The molecule has 22 heavy (non-hydrogen) atoms. The fourth-order valence-corrected chi connectivity index (χ4v) is 2.66. The number of alkyl halides is 4. The lowest BCUT2D eigenvalue weighted by Crippen LogP contribution is -2.49. The smallest absolute Gasteiger partial charge is 0.376 e. The van der Waals surface area contributed by atoms with Crippen molar-refractivity contribution >= 4 is 10.1 Å². The molecule has 0 amide bonds. The molecule has 1 unspecified atom stereocenters. The normalized spacial score (nSPS) is 25.7. The summed E-state index contributed by atoms with van der Waals surface area (Å²) >= 11 is 0. The lowest BCUT2D eigenvalue weighted by atomic mass is 9.81. The van der Waals surface area contributed by atoms with Crippen LogP contribution in [-0.4, -0.2) is 32.8 Å². The SMILES string of the molecule is O=S(=O)(O[C@@H]1C[C@H](COCc2ccccc2)C1F)C(F)(F)F. The van der Waals surface area contributed by atoms with Gasteiger partial charge in [-0.15, -0.1) is 0 Å². The van der Waals surface area contributed by atoms with Crippen molar-refractivity contribution < 1.29 is 34.9 Å². The summed E-state index contributed by atoms with van der Waals surface area (Å²) in [6.45, 7) is 0.235. The van der Waals surface area contributed by atoms with Crippen LogP contribution in [0.15, 0.2) is 30.3 Å². The number of hydrogen-bond donors (Lipinski definition) is 0. The fourth-order valence-electron chi connectivity index (χ4n) is 2.04. The van der Waals surface area contributed by atoms with Crippen molar-refractivity contribution in [3.8, 4) is 0 Å². The van der Waals surface area contributed by atoms with Gasteiger partial charge < -0.3 is 4.74 Å². The molecule has 3 atom stereocenters. The van der Waals surface area contributed by atoms with Crippen LogP contribution in [0.5, 0.6) is 0 Å². The summed E-state index contributed by atoms with van der Waals surface area (Å²) < 4.78 is 80.6. The van der Waals surface area contributed by atoms with E-state index in [9.17, 15) is 26.0 Å². The lowest BCUT2D eigenvalue weighted by Gasteiger charge is -2.38. The Morgan fingerprint density at radius 1 is 1.18 bits per heavy atom. The molecular formula is C13H14F4O4S. The molecule has 0 N–H and O–H groups in total. The van der Waals surface area contributed by atoms with Gasteiger partial charge in [0, 0.05) is 5.92 Å². The Morgan fingerprint density at radius 2 is 1.82 bits per heavy atom. The maximum atomic E-state index is 13.7. The van der Waals surface area contributed by atoms with Crippen molar-refractivity contribution in [1.29, 1.82) is 0 Å². The summed E-state index contributed by atoms with van der Waals surface area (Å²) in [5.74, 6) is -0.669. The zero-order valence-corrected chi connectivity index (χ0v) is 12.1. The van der Waals surface area contributed by atoms with Crippen molar-refractivity contribution in [2.75, 3.05) is 6.61 Å². The minimum absolute atomic E-state index is 0.0119. The Morgan fingerprint density at radius 3 is 2.36 bits per heavy atom. The predicted octanol–water partition coefficient (Wildman–Crippen LogP) is 2.80. The van der Waals surface area contributed by atoms with Gasteiger partial charge in [0.15, 0.2) is 0 Å². The molecule has 1 aromatic rings. The van der Waals surface area contributed by atoms with E-state index >= 15 is 0 Å². The van der Waals surface area contributed by atoms with Crippen LogP contribution in [0.2, 0.25) is 0 Å². The van der Waals surface area contributed by atoms with Crippen molar-refractivity contribution in [3.05, 3.63) is 35.9 Å². The van der Waals surface area contributed by atoms with E-state index in [1.807, 2.05) is 30.3 Å². The number of ether oxygens (including phenoxy) is 1. The molecule has 0 aromatic heterocycles. The number of hydrogen-bond acceptors (Lipinski definition) is 4. The molecule has 0 radical (unpaired) electrons. The topological polar surface area (TPSA) is 52.6 Å². The third-order valence-corrected chi connectivity index (χ3v) is 4.39. The molecule has 1 aromatic carbocycles. The van der Waals surface area contributed by atoms with E-state index in [-0.39, 0.29) is 19.6 Å². The number of rotatable bonds is 6. The average Bonchev–Trinajstić information content (AvgIpc) is 2.45. The van der Waals surface area contributed by atoms with E-state index < -0.39 is 33.8 Å². The Hall–Kier alpha value is -1.19. The zero-order valence-electron chi connectivity index (χ0n) is 11.3. The minimum atomic E-state index is -5.76. The van der Waals surface area contributed by atoms with E-state index in [2.05, 4.69) is 4.18 Å². The molecule has 124 valence electrons. The standard InChI is InChI=1S/C13H14F4O4S/c14-12-10(8-20-7-9-4-2-1-3-5-9)6-11(12)21-22(18,19)13(15,16)17/h1-5,10-12H,6-8H2/t10-,11-,12?/m1/s1. The molecule has 0 spiro atoms. The fraction of sp³-hybridized carbons (Fsp3) is 0.538. The lowest BCUT2D eigenvalue weighted by molar-refractivity contribution is -0.0946. The van der Waals surface area contributed by atoms with Crippen LogP contribution in [0.4, 0.5) is 17.6 Å². The van der Waals surface area contributed by atoms with Gasteiger partial charge in [0.1, 0.15) is 12.3 Å². The van der Waals surface area contributed by atoms with Gasteiger partial charge in [-0.05, 0) is 12.0 Å². The maximum Gasteiger partial charge on any atom is 0.523 e. The van der Waals surface area contributed by atoms with E-state index in [4.69, 9.17) is 4.74 Å². The second kappa shape index (κ2) is 6.51. The molecule has 1 aliphatic rings. The molecule has 0 bridgehead atoms. The van der Waals surface area contributed by atoms with Crippen molar-refractivity contribution in [2.45, 2.75) is 30.8 Å². The van der Waals surface area contributed by atoms with Gasteiger partial charge in [0.05, 0.1) is 13.2 Å². The van der Waals surface area contributed by atoms with Gasteiger partial charge in [0.2, 0.25) is 0 Å². The van der Waals surface area contributed by atoms with E-state index in [1.54, 1.807) is 0 Å². The van der Waals surface area contributed by atoms with Crippen LogP contribution in [-0.2, 0) is 25.6 Å². The summed E-state index contributed by atoms with van der Waals surface area (Å²) in [6, 6.07) is 9.08. The van der Waals surface area contributed by atoms with Gasteiger partial charge in [-0.3, -0.25) is 4.18 Å². The van der Waals surface area contributed by atoms with Crippen LogP contribution in [0.1, 0.15) is 12.0 Å². The first-order chi connectivity index (χ1) is 10.2. The highest BCUT2D eigenvalue weighted by molar-refractivity contribution is 7.87. The van der Waals surface area contributed by atoms with Crippen molar-refractivity contribution in [1.82, 2.24) is 0 Å². The van der Waals surface area contributed by atoms with Crippen LogP contribution in [0.3, 0.4) is 0 Å². The summed E-state index contributed by atoms with van der Waals surface area (Å²) in [7, 11) is -5.76. The van der Waals surface area contributed by atoms with Gasteiger partial charge in [-0.1, -0.05) is 30.3 Å². The van der Waals surface area contributed by atoms with Crippen LogP contribution >= 0.6 is 0 Å². The summed E-state index contributed by atoms with van der Waals surface area (Å²) in [5, 5.41) is 0. The highest BCUT2D eigenvalue weighted by atomic mass is 32.2. The molecular weight excluding hydrogens is 328 g/mol. The summed E-state index contributed by atoms with van der Waals surface area (Å²) in [4.78, 5) is 0. The first kappa shape index (κ1) is 17.2. The van der Waals surface area contributed by atoms with Crippen LogP contribution in [0.25, 0.3) is 0 Å². The molecule has 2 rings (SSSR count). The molecule has 0 aliphatic heterocycles. The molecule has 4 nitrogen and oxygen atoms in total. The van der Waals surface area contributed by atoms with Gasteiger partial charge in [0.25, 0.3) is 0 Å². The van der Waals surface area contributed by atoms with Crippen LogP contribution in [0, 0.1) is 5.92 Å². The van der Waals surface area contributed by atoms with Crippen molar-refractivity contribution in [3.63, 3.8) is 0 Å². The predicted molar refractivity (Wildman–Crippen MR) is 68.9 cm³/mol. The Bertz CT molecular complexity index is 588. The van der Waals surface area contributed by atoms with Gasteiger partial charge >= 0.3 is 15.6 Å². The molecule has 1 saturated carbocycles. The highest BCUT2D eigenvalue weighted by Crippen LogP contribution is 2.37. The monoisotopic (exact) mass is 342 g/mol. The van der Waals surface area contributed by atoms with E-state index in [0.29, 0.717) is 0 Å². The Labute approximate surface area is 125 Å². The number of halogens is 4. The third-order valence-electron chi connectivity index (χ3n) is 3.32. The quantitative estimate of drug-likeness (QED) is 0.453. The Kier molecular flexibility index (Phi) is 5.08. The van der Waals surface area contributed by atoms with Crippen LogP contribution < -0.4 is 0 Å². The van der Waals surface area contributed by atoms with Crippen molar-refractivity contribution in [2.24, 2.45) is 5.92 Å². The Balaban J connectivity index is 1.75. The molecule has 0 saturated heterocycles. The maximum absolute atomic E-state index is 13.7. The highest BCUT2D eigenvalue weighted by Gasteiger charge is 2.53. The largest absolute Gasteiger partial charge is 0.523 e. The molecule has 1 aliphatic carbocycles. The summed E-state index contributed by atoms with van der Waals surface area (Å²) in [5.41, 5.74) is -4.66. The van der Waals surface area contributed by atoms with Gasteiger partial charge in [-0.25, -0.2) is 4.39 Å². The zero-order chi connectivity index (χ0) is 16.4. The molecule has 1 fully saturated rings. The number of benzene rings is 1. The third kappa shape index (κ3) is 3.96.